The van der Waals surface area contributed by atoms with Gasteiger partial charge in [0, 0.05) is 6.42 Å². The summed E-state index contributed by atoms with van der Waals surface area (Å²) in [4.78, 5) is 11.3. The van der Waals surface area contributed by atoms with Crippen molar-refractivity contribution >= 4 is 13.1 Å². The van der Waals surface area contributed by atoms with Gasteiger partial charge in [-0.1, -0.05) is 0 Å². The second-order valence-corrected chi connectivity index (χ2v) is 4.34. The molecular formula is C12H13BF2O6. The quantitative estimate of drug-likeness (QED) is 0.613. The number of hydrogen-bond donors (Lipinski definition) is 2. The van der Waals surface area contributed by atoms with Crippen LogP contribution in [0.1, 0.15) is 23.2 Å². The highest BCUT2D eigenvalue weighted by atomic mass is 19.3. The first-order valence-corrected chi connectivity index (χ1v) is 6.27. The zero-order valence-corrected chi connectivity index (χ0v) is 10.9. The lowest BCUT2D eigenvalue weighted by Crippen LogP contribution is -2.34. The number of alkyl halides is 2. The second kappa shape index (κ2) is 6.62. The standard InChI is InChI=1S/C12H13BF2O6/c14-9(15)2-1-5-19-7-3-4-8-11(10(7)12(16)17)21-13(18)6-20-8/h3-4,9,18H,1-2,5-6H2,(H,16,17). The second-order valence-electron chi connectivity index (χ2n) is 4.34. The van der Waals surface area contributed by atoms with Gasteiger partial charge in [0.15, 0.2) is 11.5 Å². The fraction of sp³-hybridized carbons (Fsp3) is 0.417. The van der Waals surface area contributed by atoms with Gasteiger partial charge >= 0.3 is 13.1 Å². The van der Waals surface area contributed by atoms with Gasteiger partial charge < -0.3 is 24.3 Å². The molecular weight excluding hydrogens is 289 g/mol. The zero-order valence-electron chi connectivity index (χ0n) is 10.9. The fourth-order valence-electron chi connectivity index (χ4n) is 1.85. The van der Waals surface area contributed by atoms with E-state index in [9.17, 15) is 23.7 Å². The Morgan fingerprint density at radius 3 is 2.90 bits per heavy atom. The van der Waals surface area contributed by atoms with E-state index in [1.165, 1.54) is 12.1 Å². The van der Waals surface area contributed by atoms with Crippen LogP contribution >= 0.6 is 0 Å². The van der Waals surface area contributed by atoms with Gasteiger partial charge in [0.05, 0.1) is 6.61 Å². The minimum atomic E-state index is -2.43. The first-order valence-electron chi connectivity index (χ1n) is 6.27. The first-order chi connectivity index (χ1) is 9.99. The monoisotopic (exact) mass is 302 g/mol. The van der Waals surface area contributed by atoms with Crippen LogP contribution < -0.4 is 14.1 Å². The summed E-state index contributed by atoms with van der Waals surface area (Å²) < 4.78 is 39.5. The largest absolute Gasteiger partial charge is 0.563 e. The Bertz CT molecular complexity index is 525. The summed E-state index contributed by atoms with van der Waals surface area (Å²) in [6.07, 6.45) is -2.66. The summed E-state index contributed by atoms with van der Waals surface area (Å²) in [5.41, 5.74) is -0.303. The van der Waals surface area contributed by atoms with Crippen LogP contribution in [0.4, 0.5) is 8.78 Å². The molecule has 2 rings (SSSR count). The third-order valence-electron chi connectivity index (χ3n) is 2.76. The zero-order chi connectivity index (χ0) is 15.4. The molecule has 1 aromatic rings. The normalized spacial score (nSPS) is 13.4. The van der Waals surface area contributed by atoms with Gasteiger partial charge in [0.2, 0.25) is 6.43 Å². The summed E-state index contributed by atoms with van der Waals surface area (Å²) in [5, 5.41) is 18.6. The minimum absolute atomic E-state index is 0.0202. The van der Waals surface area contributed by atoms with Crippen LogP contribution in [0.15, 0.2) is 12.1 Å². The lowest BCUT2D eigenvalue weighted by atomic mass is 9.91. The first kappa shape index (κ1) is 15.4. The molecule has 1 heterocycles. The highest BCUT2D eigenvalue weighted by molar-refractivity contribution is 6.44. The van der Waals surface area contributed by atoms with Gasteiger partial charge in [-0.2, -0.15) is 0 Å². The predicted molar refractivity (Wildman–Crippen MR) is 68.2 cm³/mol. The number of aromatic carboxylic acids is 1. The van der Waals surface area contributed by atoms with E-state index in [-0.39, 0.29) is 48.8 Å². The van der Waals surface area contributed by atoms with Crippen molar-refractivity contribution in [3.05, 3.63) is 17.7 Å². The maximum absolute atomic E-state index is 12.0. The third kappa shape index (κ3) is 3.75. The number of carbonyl (C=O) groups is 1. The molecule has 0 aliphatic carbocycles. The Kier molecular flexibility index (Phi) is 4.84. The lowest BCUT2D eigenvalue weighted by molar-refractivity contribution is 0.0686. The molecule has 0 radical (unpaired) electrons. The molecule has 0 aromatic heterocycles. The van der Waals surface area contributed by atoms with Crippen molar-refractivity contribution in [2.45, 2.75) is 19.3 Å². The highest BCUT2D eigenvalue weighted by Crippen LogP contribution is 2.39. The van der Waals surface area contributed by atoms with E-state index < -0.39 is 19.5 Å². The number of carboxylic acids is 1. The number of fused-ring (bicyclic) bond motifs is 1. The van der Waals surface area contributed by atoms with Gasteiger partial charge in [-0.3, -0.25) is 0 Å². The number of carboxylic acid groups (broad SMARTS) is 1. The van der Waals surface area contributed by atoms with Crippen molar-refractivity contribution in [2.24, 2.45) is 0 Å². The molecule has 2 N–H and O–H groups in total. The maximum atomic E-state index is 12.0. The van der Waals surface area contributed by atoms with Crippen LogP contribution in [0, 0.1) is 0 Å². The topological polar surface area (TPSA) is 85.2 Å². The predicted octanol–water partition coefficient (Wildman–Crippen LogP) is 1.60. The van der Waals surface area contributed by atoms with Crippen LogP contribution in [-0.4, -0.2) is 42.8 Å². The molecule has 0 fully saturated rings. The van der Waals surface area contributed by atoms with Gasteiger partial charge in [0.25, 0.3) is 0 Å². The lowest BCUT2D eigenvalue weighted by Gasteiger charge is -2.23. The average molecular weight is 302 g/mol. The Labute approximate surface area is 119 Å². The Balaban J connectivity index is 2.17. The molecule has 114 valence electrons. The van der Waals surface area contributed by atoms with Crippen molar-refractivity contribution in [1.29, 1.82) is 0 Å². The van der Waals surface area contributed by atoms with Gasteiger partial charge in [-0.05, 0) is 18.6 Å². The highest BCUT2D eigenvalue weighted by Gasteiger charge is 2.31. The molecule has 0 spiro atoms. The van der Waals surface area contributed by atoms with Crippen LogP contribution in [0.3, 0.4) is 0 Å². The van der Waals surface area contributed by atoms with Crippen molar-refractivity contribution in [3.8, 4) is 17.2 Å². The number of benzene rings is 1. The molecule has 0 saturated heterocycles. The van der Waals surface area contributed by atoms with E-state index in [0.29, 0.717) is 0 Å². The van der Waals surface area contributed by atoms with Gasteiger partial charge in [0.1, 0.15) is 17.8 Å². The van der Waals surface area contributed by atoms with E-state index in [1.807, 2.05) is 0 Å². The summed E-state index contributed by atoms with van der Waals surface area (Å²) >= 11 is 0. The van der Waals surface area contributed by atoms with Crippen LogP contribution in [0.5, 0.6) is 17.2 Å². The molecule has 0 atom stereocenters. The third-order valence-corrected chi connectivity index (χ3v) is 2.76. The summed E-state index contributed by atoms with van der Waals surface area (Å²) in [7, 11) is -1.27. The van der Waals surface area contributed by atoms with Crippen molar-refractivity contribution in [1.82, 2.24) is 0 Å². The van der Waals surface area contributed by atoms with Crippen molar-refractivity contribution in [3.63, 3.8) is 0 Å². The summed E-state index contributed by atoms with van der Waals surface area (Å²) in [6, 6.07) is 2.81. The number of ether oxygens (including phenoxy) is 2. The van der Waals surface area contributed by atoms with E-state index >= 15 is 0 Å². The molecule has 1 aliphatic rings. The molecule has 0 saturated carbocycles. The van der Waals surface area contributed by atoms with E-state index in [0.717, 1.165) is 0 Å². The van der Waals surface area contributed by atoms with Crippen LogP contribution in [-0.2, 0) is 0 Å². The summed E-state index contributed by atoms with van der Waals surface area (Å²) in [5.74, 6) is -1.30. The van der Waals surface area contributed by atoms with Crippen LogP contribution in [0.2, 0.25) is 0 Å². The van der Waals surface area contributed by atoms with Gasteiger partial charge in [-0.15, -0.1) is 0 Å². The smallest absolute Gasteiger partial charge is 0.531 e. The Morgan fingerprint density at radius 2 is 2.24 bits per heavy atom. The molecule has 0 unspecified atom stereocenters. The molecule has 21 heavy (non-hydrogen) atoms. The van der Waals surface area contributed by atoms with E-state index in [1.54, 1.807) is 0 Å². The van der Waals surface area contributed by atoms with Crippen molar-refractivity contribution < 1.29 is 37.8 Å². The molecule has 1 aliphatic heterocycles. The van der Waals surface area contributed by atoms with Crippen molar-refractivity contribution in [2.75, 3.05) is 13.1 Å². The number of hydrogen-bond acceptors (Lipinski definition) is 5. The maximum Gasteiger partial charge on any atom is 0.563 e. The van der Waals surface area contributed by atoms with E-state index in [2.05, 4.69) is 0 Å². The molecule has 0 bridgehead atoms. The molecule has 9 heteroatoms. The average Bonchev–Trinajstić information content (AvgIpc) is 2.42. The Morgan fingerprint density at radius 1 is 1.48 bits per heavy atom. The summed E-state index contributed by atoms with van der Waals surface area (Å²) in [6.45, 7) is -0.159. The van der Waals surface area contributed by atoms with Crippen LogP contribution in [0.25, 0.3) is 0 Å². The Hall–Kier alpha value is -2.03. The molecule has 0 amide bonds. The number of halogens is 2. The minimum Gasteiger partial charge on any atom is -0.531 e. The SMILES string of the molecule is O=C(O)c1c(OCCCC(F)F)ccc2c1OB(O)CO2. The number of rotatable bonds is 6. The van der Waals surface area contributed by atoms with Gasteiger partial charge in [-0.25, -0.2) is 13.6 Å². The molecule has 6 nitrogen and oxygen atoms in total. The fourth-order valence-corrected chi connectivity index (χ4v) is 1.85. The molecule has 1 aromatic carbocycles. The van der Waals surface area contributed by atoms with E-state index in [4.69, 9.17) is 14.1 Å².